The molecule has 102 valence electrons. The number of aromatic amines is 1. The first kappa shape index (κ1) is 12.6. The second-order valence-electron chi connectivity index (χ2n) is 4.75. The maximum absolute atomic E-state index is 4.06. The van der Waals surface area contributed by atoms with Crippen LogP contribution in [0.25, 0.3) is 5.69 Å². The molecule has 0 amide bonds. The third kappa shape index (κ3) is 2.78. The topological polar surface area (TPSA) is 58.5 Å². The van der Waals surface area contributed by atoms with Gasteiger partial charge in [0.05, 0.1) is 6.33 Å². The Hall–Kier alpha value is -2.40. The molecule has 2 aromatic heterocycles. The molecule has 2 N–H and O–H groups in total. The highest BCUT2D eigenvalue weighted by Gasteiger charge is 2.05. The minimum absolute atomic E-state index is 0.287. The standard InChI is InChI=1S/C15H17N5/c1-12(17-10-14-6-7-18-19-14)13-2-4-15(5-3-13)20-9-8-16-11-20/h2-9,11-12,17H,10H2,1H3,(H,18,19). The van der Waals surface area contributed by atoms with E-state index in [0.29, 0.717) is 0 Å². The van der Waals surface area contributed by atoms with Crippen LogP contribution in [0.15, 0.2) is 55.2 Å². The summed E-state index contributed by atoms with van der Waals surface area (Å²) in [6, 6.07) is 10.7. The van der Waals surface area contributed by atoms with Crippen LogP contribution in [0.4, 0.5) is 0 Å². The van der Waals surface area contributed by atoms with Gasteiger partial charge in [0.1, 0.15) is 0 Å². The minimum Gasteiger partial charge on any atom is -0.306 e. The SMILES string of the molecule is CC(NCc1ccn[nH]1)c1ccc(-n2ccnc2)cc1. The summed E-state index contributed by atoms with van der Waals surface area (Å²) in [5, 5.41) is 10.4. The Balaban J connectivity index is 1.65. The van der Waals surface area contributed by atoms with Gasteiger partial charge in [0.2, 0.25) is 0 Å². The van der Waals surface area contributed by atoms with Crippen molar-refractivity contribution in [2.45, 2.75) is 19.5 Å². The first-order valence-electron chi connectivity index (χ1n) is 6.63. The van der Waals surface area contributed by atoms with Gasteiger partial charge < -0.3 is 9.88 Å². The van der Waals surface area contributed by atoms with E-state index in [1.165, 1.54) is 5.56 Å². The molecular formula is C15H17N5. The van der Waals surface area contributed by atoms with Gasteiger partial charge in [0.15, 0.2) is 0 Å². The number of hydrogen-bond acceptors (Lipinski definition) is 3. The lowest BCUT2D eigenvalue weighted by molar-refractivity contribution is 0.567. The molecule has 2 heterocycles. The predicted octanol–water partition coefficient (Wildman–Crippen LogP) is 2.45. The van der Waals surface area contributed by atoms with Gasteiger partial charge in [-0.3, -0.25) is 5.10 Å². The summed E-state index contributed by atoms with van der Waals surface area (Å²) in [5.74, 6) is 0. The van der Waals surface area contributed by atoms with Gasteiger partial charge in [-0.2, -0.15) is 5.10 Å². The van der Waals surface area contributed by atoms with Crippen molar-refractivity contribution in [1.29, 1.82) is 0 Å². The van der Waals surface area contributed by atoms with Gasteiger partial charge in [-0.25, -0.2) is 4.98 Å². The van der Waals surface area contributed by atoms with E-state index in [-0.39, 0.29) is 6.04 Å². The van der Waals surface area contributed by atoms with E-state index in [4.69, 9.17) is 0 Å². The van der Waals surface area contributed by atoms with Crippen molar-refractivity contribution in [2.75, 3.05) is 0 Å². The highest BCUT2D eigenvalue weighted by atomic mass is 15.1. The van der Waals surface area contributed by atoms with Crippen LogP contribution >= 0.6 is 0 Å². The van der Waals surface area contributed by atoms with E-state index < -0.39 is 0 Å². The summed E-state index contributed by atoms with van der Waals surface area (Å²) >= 11 is 0. The largest absolute Gasteiger partial charge is 0.306 e. The quantitative estimate of drug-likeness (QED) is 0.746. The van der Waals surface area contributed by atoms with Crippen molar-refractivity contribution in [3.63, 3.8) is 0 Å². The lowest BCUT2D eigenvalue weighted by Crippen LogP contribution is -2.18. The zero-order valence-corrected chi connectivity index (χ0v) is 11.3. The van der Waals surface area contributed by atoms with Gasteiger partial charge in [-0.05, 0) is 30.7 Å². The number of nitrogens with zero attached hydrogens (tertiary/aromatic N) is 3. The molecule has 3 rings (SSSR count). The maximum atomic E-state index is 4.06. The van der Waals surface area contributed by atoms with Crippen LogP contribution in [-0.4, -0.2) is 19.7 Å². The number of aromatic nitrogens is 4. The molecule has 0 bridgehead atoms. The smallest absolute Gasteiger partial charge is 0.0991 e. The van der Waals surface area contributed by atoms with Gasteiger partial charge in [-0.1, -0.05) is 12.1 Å². The van der Waals surface area contributed by atoms with Gasteiger partial charge in [-0.15, -0.1) is 0 Å². The fraction of sp³-hybridized carbons (Fsp3) is 0.200. The fourth-order valence-electron chi connectivity index (χ4n) is 2.11. The molecule has 0 fully saturated rings. The Morgan fingerprint density at radius 2 is 2.05 bits per heavy atom. The van der Waals surface area contributed by atoms with Crippen molar-refractivity contribution in [2.24, 2.45) is 0 Å². The lowest BCUT2D eigenvalue weighted by Gasteiger charge is -2.14. The van der Waals surface area contributed by atoms with Gasteiger partial charge in [0, 0.05) is 42.6 Å². The fourth-order valence-corrected chi connectivity index (χ4v) is 2.11. The van der Waals surface area contributed by atoms with E-state index in [2.05, 4.69) is 51.7 Å². The van der Waals surface area contributed by atoms with Crippen molar-refractivity contribution in [1.82, 2.24) is 25.1 Å². The molecule has 20 heavy (non-hydrogen) atoms. The summed E-state index contributed by atoms with van der Waals surface area (Å²) < 4.78 is 1.99. The summed E-state index contributed by atoms with van der Waals surface area (Å²) in [5.41, 5.74) is 3.47. The van der Waals surface area contributed by atoms with E-state index >= 15 is 0 Å². The Bertz CT molecular complexity index is 625. The van der Waals surface area contributed by atoms with Crippen molar-refractivity contribution >= 4 is 0 Å². The van der Waals surface area contributed by atoms with Crippen LogP contribution in [0.5, 0.6) is 0 Å². The zero-order valence-electron chi connectivity index (χ0n) is 11.3. The normalized spacial score (nSPS) is 12.4. The summed E-state index contributed by atoms with van der Waals surface area (Å²) in [6.07, 6.45) is 7.29. The number of hydrogen-bond donors (Lipinski definition) is 2. The summed E-state index contributed by atoms with van der Waals surface area (Å²) in [4.78, 5) is 4.06. The van der Waals surface area contributed by atoms with Crippen LogP contribution in [0.3, 0.4) is 0 Å². The molecule has 0 saturated heterocycles. The Labute approximate surface area is 117 Å². The highest BCUT2D eigenvalue weighted by molar-refractivity contribution is 5.35. The summed E-state index contributed by atoms with van der Waals surface area (Å²) in [6.45, 7) is 2.94. The highest BCUT2D eigenvalue weighted by Crippen LogP contribution is 2.16. The molecule has 1 atom stereocenters. The molecule has 0 aliphatic carbocycles. The molecule has 5 heteroatoms. The molecule has 0 spiro atoms. The molecule has 0 saturated carbocycles. The van der Waals surface area contributed by atoms with Gasteiger partial charge >= 0.3 is 0 Å². The van der Waals surface area contributed by atoms with Crippen LogP contribution in [-0.2, 0) is 6.54 Å². The van der Waals surface area contributed by atoms with Gasteiger partial charge in [0.25, 0.3) is 0 Å². The predicted molar refractivity (Wildman–Crippen MR) is 77.4 cm³/mol. The van der Waals surface area contributed by atoms with E-state index in [0.717, 1.165) is 17.9 Å². The number of H-pyrrole nitrogens is 1. The number of nitrogens with one attached hydrogen (secondary N) is 2. The number of benzene rings is 1. The number of rotatable bonds is 5. The Morgan fingerprint density at radius 3 is 2.70 bits per heavy atom. The lowest BCUT2D eigenvalue weighted by atomic mass is 10.1. The van der Waals surface area contributed by atoms with E-state index in [1.807, 2.05) is 16.8 Å². The van der Waals surface area contributed by atoms with Crippen LogP contribution < -0.4 is 5.32 Å². The molecule has 5 nitrogen and oxygen atoms in total. The molecule has 0 aliphatic rings. The van der Waals surface area contributed by atoms with Crippen LogP contribution in [0, 0.1) is 0 Å². The minimum atomic E-state index is 0.287. The molecule has 1 unspecified atom stereocenters. The van der Waals surface area contributed by atoms with Crippen molar-refractivity contribution in [3.8, 4) is 5.69 Å². The molecule has 0 radical (unpaired) electrons. The van der Waals surface area contributed by atoms with Crippen LogP contribution in [0.1, 0.15) is 24.2 Å². The molecule has 0 aliphatic heterocycles. The zero-order chi connectivity index (χ0) is 13.8. The van der Waals surface area contributed by atoms with Crippen LogP contribution in [0.2, 0.25) is 0 Å². The molecule has 3 aromatic rings. The second kappa shape index (κ2) is 5.71. The molecule has 1 aromatic carbocycles. The average Bonchev–Trinajstić information content (AvgIpc) is 3.18. The second-order valence-corrected chi connectivity index (χ2v) is 4.75. The average molecular weight is 267 g/mol. The monoisotopic (exact) mass is 267 g/mol. The third-order valence-electron chi connectivity index (χ3n) is 3.35. The van der Waals surface area contributed by atoms with E-state index in [1.54, 1.807) is 18.7 Å². The Kier molecular flexibility index (Phi) is 3.60. The first-order chi connectivity index (χ1) is 9.83. The van der Waals surface area contributed by atoms with E-state index in [9.17, 15) is 0 Å². The Morgan fingerprint density at radius 1 is 1.20 bits per heavy atom. The maximum Gasteiger partial charge on any atom is 0.0991 e. The first-order valence-corrected chi connectivity index (χ1v) is 6.63. The summed E-state index contributed by atoms with van der Waals surface area (Å²) in [7, 11) is 0. The van der Waals surface area contributed by atoms with Crippen molar-refractivity contribution < 1.29 is 0 Å². The third-order valence-corrected chi connectivity index (χ3v) is 3.35. The number of imidazole rings is 1. The van der Waals surface area contributed by atoms with Crippen molar-refractivity contribution in [3.05, 3.63) is 66.5 Å². The molecular weight excluding hydrogens is 250 g/mol.